The van der Waals surface area contributed by atoms with E-state index < -0.39 is 6.04 Å². The molecule has 4 N–H and O–H groups in total. The fourth-order valence-corrected chi connectivity index (χ4v) is 2.01. The molecule has 0 saturated heterocycles. The van der Waals surface area contributed by atoms with Gasteiger partial charge in [-0.2, -0.15) is 0 Å². The third-order valence-corrected chi connectivity index (χ3v) is 2.79. The van der Waals surface area contributed by atoms with E-state index in [1.54, 1.807) is 11.9 Å². The van der Waals surface area contributed by atoms with Gasteiger partial charge in [-0.3, -0.25) is 19.9 Å². The molecule has 1 aromatic rings. The minimum atomic E-state index is -0.598. The lowest BCUT2D eigenvalue weighted by molar-refractivity contribution is -0.128. The van der Waals surface area contributed by atoms with E-state index in [-0.39, 0.29) is 24.4 Å². The molecule has 0 spiro atoms. The van der Waals surface area contributed by atoms with Crippen LogP contribution in [0.3, 0.4) is 0 Å². The van der Waals surface area contributed by atoms with Gasteiger partial charge in [-0.15, -0.1) is 0 Å². The zero-order valence-corrected chi connectivity index (χ0v) is 12.1. The van der Waals surface area contributed by atoms with Crippen molar-refractivity contribution in [2.24, 2.45) is 5.84 Å². The number of nitrogens with two attached hydrogens (primary N) is 1. The molecular weight excluding hydrogens is 256 g/mol. The first-order valence-corrected chi connectivity index (χ1v) is 6.50. The van der Waals surface area contributed by atoms with Gasteiger partial charge in [0.05, 0.1) is 6.54 Å². The number of likely N-dealkylation sites (N-methyl/N-ethyl adjacent to an activating group) is 1. The summed E-state index contributed by atoms with van der Waals surface area (Å²) in [6.45, 7) is 3.89. The molecule has 0 fully saturated rings. The Bertz CT molecular complexity index is 448. The van der Waals surface area contributed by atoms with Crippen molar-refractivity contribution in [3.05, 3.63) is 35.9 Å². The number of amides is 2. The number of nitrogens with zero attached hydrogens (tertiary/aromatic N) is 1. The van der Waals surface area contributed by atoms with Gasteiger partial charge in [0.25, 0.3) is 5.91 Å². The van der Waals surface area contributed by atoms with E-state index in [2.05, 4.69) is 10.7 Å². The van der Waals surface area contributed by atoms with Crippen molar-refractivity contribution in [1.82, 2.24) is 15.6 Å². The predicted octanol–water partition coefficient (Wildman–Crippen LogP) is 0.174. The second kappa shape index (κ2) is 7.62. The lowest BCUT2D eigenvalue weighted by Gasteiger charge is -2.26. The first kappa shape index (κ1) is 16.1. The molecule has 1 unspecified atom stereocenters. The number of hydrogen-bond donors (Lipinski definition) is 3. The highest BCUT2D eigenvalue weighted by Gasteiger charge is 2.25. The van der Waals surface area contributed by atoms with E-state index in [1.807, 2.05) is 44.2 Å². The highest BCUT2D eigenvalue weighted by molar-refractivity contribution is 5.84. The number of carbonyl (C=O) groups excluding carboxylic acids is 2. The molecule has 0 aliphatic rings. The summed E-state index contributed by atoms with van der Waals surface area (Å²) in [5.41, 5.74) is 2.93. The van der Waals surface area contributed by atoms with Crippen molar-refractivity contribution < 1.29 is 9.59 Å². The van der Waals surface area contributed by atoms with Crippen LogP contribution in [0.1, 0.15) is 25.5 Å². The molecule has 0 radical (unpaired) electrons. The third kappa shape index (κ3) is 4.64. The van der Waals surface area contributed by atoms with Crippen molar-refractivity contribution in [1.29, 1.82) is 0 Å². The van der Waals surface area contributed by atoms with Crippen LogP contribution in [0.15, 0.2) is 30.3 Å². The Hall–Kier alpha value is -1.92. The third-order valence-electron chi connectivity index (χ3n) is 2.79. The standard InChI is InChI=1S/C14H22N4O2/c1-10(2)16-12(19)9-18(3)13(14(20)17-15)11-7-5-4-6-8-11/h4-8,10,13H,9,15H2,1-3H3,(H,16,19)(H,17,20). The van der Waals surface area contributed by atoms with E-state index >= 15 is 0 Å². The fourth-order valence-electron chi connectivity index (χ4n) is 2.01. The minimum Gasteiger partial charge on any atom is -0.353 e. The minimum absolute atomic E-state index is 0.0643. The molecule has 20 heavy (non-hydrogen) atoms. The zero-order chi connectivity index (χ0) is 15.1. The maximum atomic E-state index is 11.9. The van der Waals surface area contributed by atoms with Gasteiger partial charge in [-0.25, -0.2) is 5.84 Å². The topological polar surface area (TPSA) is 87.5 Å². The molecular formula is C14H22N4O2. The van der Waals surface area contributed by atoms with E-state index in [0.717, 1.165) is 5.56 Å². The summed E-state index contributed by atoms with van der Waals surface area (Å²) in [4.78, 5) is 25.4. The number of hydrazine groups is 1. The van der Waals surface area contributed by atoms with Gasteiger partial charge in [0.2, 0.25) is 5.91 Å². The summed E-state index contributed by atoms with van der Waals surface area (Å²) < 4.78 is 0. The van der Waals surface area contributed by atoms with Crippen molar-refractivity contribution in [3.63, 3.8) is 0 Å². The van der Waals surface area contributed by atoms with Crippen molar-refractivity contribution in [3.8, 4) is 0 Å². The molecule has 6 nitrogen and oxygen atoms in total. The van der Waals surface area contributed by atoms with Crippen LogP contribution in [0.5, 0.6) is 0 Å². The van der Waals surface area contributed by atoms with Crippen LogP contribution in [-0.2, 0) is 9.59 Å². The number of nitrogens with one attached hydrogen (secondary N) is 2. The molecule has 1 aromatic carbocycles. The van der Waals surface area contributed by atoms with Gasteiger partial charge in [-0.1, -0.05) is 30.3 Å². The predicted molar refractivity (Wildman–Crippen MR) is 77.4 cm³/mol. The molecule has 0 aliphatic carbocycles. The van der Waals surface area contributed by atoms with Crippen molar-refractivity contribution >= 4 is 11.8 Å². The molecule has 0 aromatic heterocycles. The smallest absolute Gasteiger partial charge is 0.255 e. The molecule has 110 valence electrons. The van der Waals surface area contributed by atoms with E-state index in [1.165, 1.54) is 0 Å². The van der Waals surface area contributed by atoms with Gasteiger partial charge in [-0.05, 0) is 26.5 Å². The first-order valence-electron chi connectivity index (χ1n) is 6.50. The Kier molecular flexibility index (Phi) is 6.14. The van der Waals surface area contributed by atoms with Crippen molar-refractivity contribution in [2.75, 3.05) is 13.6 Å². The van der Waals surface area contributed by atoms with Crippen LogP contribution in [0.4, 0.5) is 0 Å². The number of hydrogen-bond acceptors (Lipinski definition) is 4. The average Bonchev–Trinajstić information content (AvgIpc) is 2.38. The largest absolute Gasteiger partial charge is 0.353 e. The van der Waals surface area contributed by atoms with Crippen LogP contribution >= 0.6 is 0 Å². The summed E-state index contributed by atoms with van der Waals surface area (Å²) in [6, 6.07) is 8.68. The molecule has 0 aliphatic heterocycles. The quantitative estimate of drug-likeness (QED) is 0.393. The van der Waals surface area contributed by atoms with Gasteiger partial charge in [0.1, 0.15) is 6.04 Å². The van der Waals surface area contributed by atoms with Crippen LogP contribution in [0.2, 0.25) is 0 Å². The summed E-state index contributed by atoms with van der Waals surface area (Å²) in [6.07, 6.45) is 0. The normalized spacial score (nSPS) is 12.3. The van der Waals surface area contributed by atoms with Crippen LogP contribution in [-0.4, -0.2) is 36.3 Å². The number of rotatable bonds is 6. The van der Waals surface area contributed by atoms with E-state index in [0.29, 0.717) is 0 Å². The van der Waals surface area contributed by atoms with E-state index in [9.17, 15) is 9.59 Å². The molecule has 0 heterocycles. The number of benzene rings is 1. The van der Waals surface area contributed by atoms with Gasteiger partial charge in [0, 0.05) is 6.04 Å². The lowest BCUT2D eigenvalue weighted by Crippen LogP contribution is -2.46. The van der Waals surface area contributed by atoms with Crippen LogP contribution < -0.4 is 16.6 Å². The van der Waals surface area contributed by atoms with Crippen LogP contribution in [0, 0.1) is 0 Å². The second-order valence-corrected chi connectivity index (χ2v) is 4.96. The molecule has 1 atom stereocenters. The van der Waals surface area contributed by atoms with E-state index in [4.69, 9.17) is 5.84 Å². The maximum Gasteiger partial charge on any atom is 0.255 e. The first-order chi connectivity index (χ1) is 9.45. The zero-order valence-electron chi connectivity index (χ0n) is 12.1. The SMILES string of the molecule is CC(C)NC(=O)CN(C)C(C(=O)NN)c1ccccc1. The molecule has 2 amide bonds. The maximum absolute atomic E-state index is 11.9. The Morgan fingerprint density at radius 3 is 2.35 bits per heavy atom. The van der Waals surface area contributed by atoms with Crippen molar-refractivity contribution in [2.45, 2.75) is 25.9 Å². The van der Waals surface area contributed by atoms with Gasteiger partial charge < -0.3 is 5.32 Å². The van der Waals surface area contributed by atoms with Gasteiger partial charge in [0.15, 0.2) is 0 Å². The van der Waals surface area contributed by atoms with Gasteiger partial charge >= 0.3 is 0 Å². The Morgan fingerprint density at radius 2 is 1.85 bits per heavy atom. The Balaban J connectivity index is 2.84. The summed E-state index contributed by atoms with van der Waals surface area (Å²) >= 11 is 0. The Labute approximate surface area is 119 Å². The van der Waals surface area contributed by atoms with Crippen LogP contribution in [0.25, 0.3) is 0 Å². The summed E-state index contributed by atoms with van der Waals surface area (Å²) in [7, 11) is 1.72. The summed E-state index contributed by atoms with van der Waals surface area (Å²) in [5.74, 6) is 4.75. The highest BCUT2D eigenvalue weighted by Crippen LogP contribution is 2.18. The second-order valence-electron chi connectivity index (χ2n) is 4.96. The molecule has 0 bridgehead atoms. The molecule has 6 heteroatoms. The Morgan fingerprint density at radius 1 is 1.25 bits per heavy atom. The monoisotopic (exact) mass is 278 g/mol. The molecule has 1 rings (SSSR count). The molecule has 0 saturated carbocycles. The average molecular weight is 278 g/mol. The lowest BCUT2D eigenvalue weighted by atomic mass is 10.1. The number of carbonyl (C=O) groups is 2. The fraction of sp³-hybridized carbons (Fsp3) is 0.429. The highest BCUT2D eigenvalue weighted by atomic mass is 16.2. The summed E-state index contributed by atoms with van der Waals surface area (Å²) in [5, 5.41) is 2.79.